The summed E-state index contributed by atoms with van der Waals surface area (Å²) in [5.74, 6) is -1.06. The molecule has 2 aromatic carbocycles. The van der Waals surface area contributed by atoms with Gasteiger partial charge in [0.2, 0.25) is 5.91 Å². The monoisotopic (exact) mass is 478 g/mol. The Kier molecular flexibility index (Phi) is 7.73. The number of alkyl carbamates (subject to hydrolysis) is 1. The molecule has 0 heterocycles. The number of rotatable bonds is 10. The summed E-state index contributed by atoms with van der Waals surface area (Å²) in [5, 5.41) is 12.1. The number of nitrogens with one attached hydrogen (secondary N) is 1. The highest BCUT2D eigenvalue weighted by molar-refractivity contribution is 5.80. The first-order valence-electron chi connectivity index (χ1n) is 12.6. The smallest absolute Gasteiger partial charge is 0.407 e. The molecule has 0 bridgehead atoms. The lowest BCUT2D eigenvalue weighted by molar-refractivity contribution is -0.138. The van der Waals surface area contributed by atoms with E-state index in [2.05, 4.69) is 29.6 Å². The molecule has 7 nitrogen and oxygen atoms in total. The zero-order valence-corrected chi connectivity index (χ0v) is 20.3. The van der Waals surface area contributed by atoms with E-state index < -0.39 is 17.6 Å². The van der Waals surface area contributed by atoms with Crippen molar-refractivity contribution >= 4 is 18.0 Å². The number of ether oxygens (including phenoxy) is 1. The SMILES string of the molecule is CCCN(CCC(=O)O)C(=O)CC1(NC(=O)OCC2c3ccccc3-c3ccccc32)CCCC1. The van der Waals surface area contributed by atoms with Gasteiger partial charge in [0.25, 0.3) is 0 Å². The summed E-state index contributed by atoms with van der Waals surface area (Å²) < 4.78 is 5.74. The number of hydrogen-bond acceptors (Lipinski definition) is 4. The van der Waals surface area contributed by atoms with Crippen molar-refractivity contribution in [1.82, 2.24) is 10.2 Å². The van der Waals surface area contributed by atoms with Crippen molar-refractivity contribution in [2.75, 3.05) is 19.7 Å². The fourth-order valence-corrected chi connectivity index (χ4v) is 5.51. The normalized spacial score (nSPS) is 15.8. The highest BCUT2D eigenvalue weighted by Gasteiger charge is 2.39. The number of carbonyl (C=O) groups is 3. The second-order valence-corrected chi connectivity index (χ2v) is 9.64. The van der Waals surface area contributed by atoms with Crippen LogP contribution in [0.3, 0.4) is 0 Å². The Hall–Kier alpha value is -3.35. The van der Waals surface area contributed by atoms with Crippen LogP contribution in [0.2, 0.25) is 0 Å². The lowest BCUT2D eigenvalue weighted by Crippen LogP contribution is -2.50. The third-order valence-corrected chi connectivity index (χ3v) is 7.20. The zero-order chi connectivity index (χ0) is 24.8. The van der Waals surface area contributed by atoms with Gasteiger partial charge in [-0.25, -0.2) is 4.79 Å². The van der Waals surface area contributed by atoms with Crippen molar-refractivity contribution in [2.45, 2.75) is 63.3 Å². The lowest BCUT2D eigenvalue weighted by atomic mass is 9.92. The van der Waals surface area contributed by atoms with Crippen LogP contribution in [0, 0.1) is 0 Å². The average Bonchev–Trinajstić information content (AvgIpc) is 3.42. The van der Waals surface area contributed by atoms with E-state index in [0.29, 0.717) is 19.4 Å². The standard InChI is InChI=1S/C28H34N2O5/c1-2-16-30(17-13-26(32)33)25(31)18-28(14-7-8-15-28)29-27(34)35-19-24-22-11-5-3-9-20(22)21-10-4-6-12-23(21)24/h3-6,9-12,24H,2,7-8,13-19H2,1H3,(H,29,34)(H,32,33). The third kappa shape index (κ3) is 5.66. The number of aliphatic carboxylic acids is 1. The number of benzene rings is 2. The molecular weight excluding hydrogens is 444 g/mol. The molecule has 0 spiro atoms. The largest absolute Gasteiger partial charge is 0.481 e. The van der Waals surface area contributed by atoms with Gasteiger partial charge in [0.05, 0.1) is 18.4 Å². The van der Waals surface area contributed by atoms with E-state index in [9.17, 15) is 14.4 Å². The molecule has 2 aliphatic rings. The summed E-state index contributed by atoms with van der Waals surface area (Å²) in [6.07, 6.45) is 3.60. The van der Waals surface area contributed by atoms with Gasteiger partial charge in [0.1, 0.15) is 6.61 Å². The maximum atomic E-state index is 13.1. The van der Waals surface area contributed by atoms with Crippen molar-refractivity contribution in [3.63, 3.8) is 0 Å². The van der Waals surface area contributed by atoms with Crippen LogP contribution < -0.4 is 5.32 Å². The maximum Gasteiger partial charge on any atom is 0.407 e. The fraction of sp³-hybridized carbons (Fsp3) is 0.464. The van der Waals surface area contributed by atoms with E-state index in [1.54, 1.807) is 4.90 Å². The third-order valence-electron chi connectivity index (χ3n) is 7.20. The van der Waals surface area contributed by atoms with E-state index in [1.165, 1.54) is 11.1 Å². The van der Waals surface area contributed by atoms with Gasteiger partial charge >= 0.3 is 12.1 Å². The van der Waals surface area contributed by atoms with Crippen molar-refractivity contribution in [2.24, 2.45) is 0 Å². The van der Waals surface area contributed by atoms with E-state index in [0.717, 1.165) is 30.4 Å². The minimum Gasteiger partial charge on any atom is -0.481 e. The van der Waals surface area contributed by atoms with E-state index in [1.807, 2.05) is 31.2 Å². The van der Waals surface area contributed by atoms with Crippen LogP contribution in [-0.2, 0) is 14.3 Å². The minimum atomic E-state index is -0.925. The van der Waals surface area contributed by atoms with E-state index in [4.69, 9.17) is 9.84 Å². The fourth-order valence-electron chi connectivity index (χ4n) is 5.51. The van der Waals surface area contributed by atoms with Gasteiger partial charge in [-0.3, -0.25) is 9.59 Å². The molecular formula is C28H34N2O5. The van der Waals surface area contributed by atoms with Gasteiger partial charge in [0.15, 0.2) is 0 Å². The minimum absolute atomic E-state index is 0.0228. The Morgan fingerprint density at radius 2 is 1.60 bits per heavy atom. The van der Waals surface area contributed by atoms with Crippen LogP contribution >= 0.6 is 0 Å². The molecule has 7 heteroatoms. The van der Waals surface area contributed by atoms with Gasteiger partial charge in [-0.1, -0.05) is 68.3 Å². The van der Waals surface area contributed by atoms with Crippen molar-refractivity contribution in [3.05, 3.63) is 59.7 Å². The summed E-state index contributed by atoms with van der Waals surface area (Å²) in [5.41, 5.74) is 4.01. The molecule has 0 saturated heterocycles. The lowest BCUT2D eigenvalue weighted by Gasteiger charge is -2.32. The summed E-state index contributed by atoms with van der Waals surface area (Å²) in [7, 11) is 0. The molecule has 1 saturated carbocycles. The Bertz CT molecular complexity index is 1030. The summed E-state index contributed by atoms with van der Waals surface area (Å²) in [6, 6.07) is 16.4. The van der Waals surface area contributed by atoms with Crippen LogP contribution in [0.5, 0.6) is 0 Å². The van der Waals surface area contributed by atoms with Gasteiger partial charge in [-0.2, -0.15) is 0 Å². The number of carboxylic acid groups (broad SMARTS) is 1. The number of carbonyl (C=O) groups excluding carboxylic acids is 2. The molecule has 0 unspecified atom stereocenters. The van der Waals surface area contributed by atoms with Crippen molar-refractivity contribution in [1.29, 1.82) is 0 Å². The molecule has 2 aromatic rings. The predicted octanol–water partition coefficient (Wildman–Crippen LogP) is 4.94. The number of carboxylic acids is 1. The number of hydrogen-bond donors (Lipinski definition) is 2. The Balaban J connectivity index is 1.40. The van der Waals surface area contributed by atoms with E-state index in [-0.39, 0.29) is 37.8 Å². The van der Waals surface area contributed by atoms with Crippen molar-refractivity contribution < 1.29 is 24.2 Å². The highest BCUT2D eigenvalue weighted by Crippen LogP contribution is 2.44. The predicted molar refractivity (Wildman–Crippen MR) is 133 cm³/mol. The van der Waals surface area contributed by atoms with Gasteiger partial charge in [-0.05, 0) is 41.5 Å². The summed E-state index contributed by atoms with van der Waals surface area (Å²) >= 11 is 0. The maximum absolute atomic E-state index is 13.1. The molecule has 2 N–H and O–H groups in total. The second kappa shape index (κ2) is 10.9. The molecule has 0 atom stereocenters. The summed E-state index contributed by atoms with van der Waals surface area (Å²) in [4.78, 5) is 38.6. The molecule has 35 heavy (non-hydrogen) atoms. The van der Waals surface area contributed by atoms with Gasteiger partial charge < -0.3 is 20.1 Å². The Morgan fingerprint density at radius 3 is 2.17 bits per heavy atom. The Labute approximate surface area is 206 Å². The second-order valence-electron chi connectivity index (χ2n) is 9.64. The van der Waals surface area contributed by atoms with Crippen molar-refractivity contribution in [3.8, 4) is 11.1 Å². The van der Waals surface area contributed by atoms with Crippen LogP contribution in [0.25, 0.3) is 11.1 Å². The molecule has 0 radical (unpaired) electrons. The zero-order valence-electron chi connectivity index (χ0n) is 20.3. The summed E-state index contributed by atoms with van der Waals surface area (Å²) in [6.45, 7) is 2.88. The topological polar surface area (TPSA) is 95.9 Å². The molecule has 2 aliphatic carbocycles. The first-order chi connectivity index (χ1) is 16.9. The van der Waals surface area contributed by atoms with Crippen LogP contribution in [0.4, 0.5) is 4.79 Å². The molecule has 0 aromatic heterocycles. The molecule has 186 valence electrons. The Morgan fingerprint density at radius 1 is 1.00 bits per heavy atom. The highest BCUT2D eigenvalue weighted by atomic mass is 16.5. The number of nitrogens with zero attached hydrogens (tertiary/aromatic N) is 1. The van der Waals surface area contributed by atoms with E-state index >= 15 is 0 Å². The molecule has 0 aliphatic heterocycles. The number of amides is 2. The quantitative estimate of drug-likeness (QED) is 0.504. The van der Waals surface area contributed by atoms with Crippen LogP contribution in [0.1, 0.15) is 68.9 Å². The number of fused-ring (bicyclic) bond motifs is 3. The molecule has 4 rings (SSSR count). The first-order valence-corrected chi connectivity index (χ1v) is 12.6. The van der Waals surface area contributed by atoms with Gasteiger partial charge in [-0.15, -0.1) is 0 Å². The molecule has 2 amide bonds. The van der Waals surface area contributed by atoms with Crippen LogP contribution in [-0.4, -0.2) is 53.2 Å². The molecule has 1 fully saturated rings. The first kappa shape index (κ1) is 24.8. The van der Waals surface area contributed by atoms with Crippen LogP contribution in [0.15, 0.2) is 48.5 Å². The van der Waals surface area contributed by atoms with Gasteiger partial charge in [0, 0.05) is 19.0 Å². The average molecular weight is 479 g/mol.